The standard InChI is InChI=1S/C19H16F2INO2S/c1-26(24,25)15-4-2-13(3-5-15)16-10-19(11-20,12-21)18(22)17(16)14-6-8-23-9-7-14/h2-10H,11-12H2,1H3. The van der Waals surface area contributed by atoms with Crippen LogP contribution >= 0.6 is 22.6 Å². The number of benzene rings is 1. The number of halogens is 3. The Bertz CT molecular complexity index is 980. The van der Waals surface area contributed by atoms with E-state index < -0.39 is 28.6 Å². The lowest BCUT2D eigenvalue weighted by Gasteiger charge is -2.20. The first-order chi connectivity index (χ1) is 12.3. The Morgan fingerprint density at radius 3 is 2.08 bits per heavy atom. The molecule has 2 aromatic rings. The van der Waals surface area contributed by atoms with Gasteiger partial charge in [-0.05, 0) is 69.1 Å². The van der Waals surface area contributed by atoms with Gasteiger partial charge in [0.1, 0.15) is 13.3 Å². The highest BCUT2D eigenvalue weighted by atomic mass is 127. The van der Waals surface area contributed by atoms with Crippen LogP contribution in [0.15, 0.2) is 63.3 Å². The van der Waals surface area contributed by atoms with E-state index in [0.29, 0.717) is 14.7 Å². The minimum Gasteiger partial charge on any atom is -0.265 e. The predicted octanol–water partition coefficient (Wildman–Crippen LogP) is 4.65. The molecule has 1 aliphatic carbocycles. The molecule has 0 radical (unpaired) electrons. The summed E-state index contributed by atoms with van der Waals surface area (Å²) in [5.74, 6) is 0. The highest BCUT2D eigenvalue weighted by molar-refractivity contribution is 14.1. The molecule has 0 saturated heterocycles. The molecule has 0 saturated carbocycles. The van der Waals surface area contributed by atoms with E-state index in [2.05, 4.69) is 4.98 Å². The third-order valence-corrected chi connectivity index (χ3v) is 7.13. The van der Waals surface area contributed by atoms with Gasteiger partial charge in [0.25, 0.3) is 0 Å². The van der Waals surface area contributed by atoms with Crippen molar-refractivity contribution in [3.05, 3.63) is 69.6 Å². The van der Waals surface area contributed by atoms with Gasteiger partial charge < -0.3 is 0 Å². The van der Waals surface area contributed by atoms with Crippen molar-refractivity contribution in [2.75, 3.05) is 19.6 Å². The summed E-state index contributed by atoms with van der Waals surface area (Å²) in [7, 11) is -3.31. The summed E-state index contributed by atoms with van der Waals surface area (Å²) in [6.45, 7) is -1.69. The van der Waals surface area contributed by atoms with Gasteiger partial charge in [-0.1, -0.05) is 18.2 Å². The number of rotatable bonds is 5. The predicted molar refractivity (Wildman–Crippen MR) is 107 cm³/mol. The topological polar surface area (TPSA) is 47.0 Å². The maximum atomic E-state index is 13.8. The molecule has 26 heavy (non-hydrogen) atoms. The van der Waals surface area contributed by atoms with E-state index in [0.717, 1.165) is 17.4 Å². The molecule has 0 fully saturated rings. The monoisotopic (exact) mass is 487 g/mol. The van der Waals surface area contributed by atoms with E-state index in [4.69, 9.17) is 0 Å². The van der Waals surface area contributed by atoms with E-state index in [1.807, 2.05) is 22.6 Å². The lowest BCUT2D eigenvalue weighted by atomic mass is 9.93. The number of pyridine rings is 1. The summed E-state index contributed by atoms with van der Waals surface area (Å²) in [6.07, 6.45) is 6.00. The lowest BCUT2D eigenvalue weighted by molar-refractivity contribution is 0.263. The van der Waals surface area contributed by atoms with Gasteiger partial charge in [-0.15, -0.1) is 0 Å². The molecular weight excluding hydrogens is 471 g/mol. The molecule has 0 bridgehead atoms. The number of alkyl halides is 2. The van der Waals surface area contributed by atoms with E-state index in [9.17, 15) is 17.2 Å². The maximum absolute atomic E-state index is 13.8. The molecule has 0 atom stereocenters. The Hall–Kier alpha value is -1.61. The number of hydrogen-bond acceptors (Lipinski definition) is 3. The average Bonchev–Trinajstić information content (AvgIpc) is 2.95. The van der Waals surface area contributed by atoms with Gasteiger partial charge >= 0.3 is 0 Å². The smallest absolute Gasteiger partial charge is 0.175 e. The average molecular weight is 487 g/mol. The van der Waals surface area contributed by atoms with Crippen molar-refractivity contribution in [2.24, 2.45) is 5.41 Å². The Balaban J connectivity index is 2.18. The number of hydrogen-bond donors (Lipinski definition) is 0. The quantitative estimate of drug-likeness (QED) is 0.577. The fourth-order valence-electron chi connectivity index (χ4n) is 2.92. The highest BCUT2D eigenvalue weighted by Crippen LogP contribution is 2.52. The molecule has 0 aliphatic heterocycles. The molecule has 1 aromatic carbocycles. The zero-order valence-corrected chi connectivity index (χ0v) is 16.9. The van der Waals surface area contributed by atoms with Gasteiger partial charge in [0.2, 0.25) is 0 Å². The van der Waals surface area contributed by atoms with E-state index in [1.54, 1.807) is 42.7 Å². The van der Waals surface area contributed by atoms with Crippen LogP contribution in [-0.2, 0) is 9.84 Å². The molecule has 7 heteroatoms. The molecule has 3 rings (SSSR count). The normalized spacial score (nSPS) is 16.7. The van der Waals surface area contributed by atoms with Crippen molar-refractivity contribution >= 4 is 43.6 Å². The number of nitrogens with zero attached hydrogens (tertiary/aromatic N) is 1. The molecule has 1 aliphatic rings. The Morgan fingerprint density at radius 2 is 1.58 bits per heavy atom. The van der Waals surface area contributed by atoms with Crippen molar-refractivity contribution < 1.29 is 17.2 Å². The van der Waals surface area contributed by atoms with Crippen LogP contribution in [0.4, 0.5) is 8.78 Å². The zero-order chi connectivity index (χ0) is 18.9. The van der Waals surface area contributed by atoms with Crippen LogP contribution in [0.5, 0.6) is 0 Å². The Labute approximate surface area is 164 Å². The first kappa shape index (κ1) is 19.2. The largest absolute Gasteiger partial charge is 0.265 e. The summed E-state index contributed by atoms with van der Waals surface area (Å²) in [4.78, 5) is 4.20. The molecule has 0 amide bonds. The van der Waals surface area contributed by atoms with Crippen molar-refractivity contribution in [1.82, 2.24) is 4.98 Å². The van der Waals surface area contributed by atoms with Gasteiger partial charge in [-0.25, -0.2) is 17.2 Å². The second kappa shape index (κ2) is 7.19. The van der Waals surface area contributed by atoms with Gasteiger partial charge in [0.15, 0.2) is 9.84 Å². The molecule has 1 aromatic heterocycles. The summed E-state index contributed by atoms with van der Waals surface area (Å²) >= 11 is 2.01. The molecule has 0 unspecified atom stereocenters. The Kier molecular flexibility index (Phi) is 5.30. The SMILES string of the molecule is CS(=O)(=O)c1ccc(C2=CC(CF)(CF)C(I)=C2c2ccncc2)cc1. The minimum atomic E-state index is -3.31. The van der Waals surface area contributed by atoms with Crippen molar-refractivity contribution in [3.63, 3.8) is 0 Å². The second-order valence-electron chi connectivity index (χ2n) is 6.20. The number of sulfone groups is 1. The maximum Gasteiger partial charge on any atom is 0.175 e. The molecule has 3 nitrogen and oxygen atoms in total. The van der Waals surface area contributed by atoms with E-state index >= 15 is 0 Å². The van der Waals surface area contributed by atoms with Crippen LogP contribution < -0.4 is 0 Å². The van der Waals surface area contributed by atoms with Crippen LogP contribution in [0.25, 0.3) is 11.1 Å². The third-order valence-electron chi connectivity index (χ3n) is 4.39. The molecule has 136 valence electrons. The first-order valence-electron chi connectivity index (χ1n) is 7.79. The van der Waals surface area contributed by atoms with E-state index in [-0.39, 0.29) is 4.90 Å². The fraction of sp³-hybridized carbons (Fsp3) is 0.211. The van der Waals surface area contributed by atoms with Crippen LogP contribution in [0, 0.1) is 5.41 Å². The number of aromatic nitrogens is 1. The van der Waals surface area contributed by atoms with Crippen molar-refractivity contribution in [1.29, 1.82) is 0 Å². The van der Waals surface area contributed by atoms with Crippen LogP contribution in [0.3, 0.4) is 0 Å². The fourth-order valence-corrected chi connectivity index (χ4v) is 4.60. The first-order valence-corrected chi connectivity index (χ1v) is 10.8. The summed E-state index contributed by atoms with van der Waals surface area (Å²) in [5.41, 5.74) is 1.66. The Morgan fingerprint density at radius 1 is 1.00 bits per heavy atom. The molecule has 1 heterocycles. The minimum absolute atomic E-state index is 0.200. The van der Waals surface area contributed by atoms with Crippen LogP contribution in [0.2, 0.25) is 0 Å². The third kappa shape index (κ3) is 3.34. The van der Waals surface area contributed by atoms with E-state index in [1.165, 1.54) is 12.1 Å². The van der Waals surface area contributed by atoms with Gasteiger partial charge in [-0.2, -0.15) is 0 Å². The molecular formula is C19H16F2INO2S. The summed E-state index contributed by atoms with van der Waals surface area (Å²) < 4.78 is 51.5. The molecule has 0 N–H and O–H groups in total. The summed E-state index contributed by atoms with van der Waals surface area (Å²) in [6, 6.07) is 9.93. The molecule has 0 spiro atoms. The zero-order valence-electron chi connectivity index (χ0n) is 13.9. The van der Waals surface area contributed by atoms with Crippen LogP contribution in [0.1, 0.15) is 11.1 Å². The van der Waals surface area contributed by atoms with Gasteiger partial charge in [-0.3, -0.25) is 4.98 Å². The van der Waals surface area contributed by atoms with Gasteiger partial charge in [0, 0.05) is 22.2 Å². The van der Waals surface area contributed by atoms with Crippen molar-refractivity contribution in [2.45, 2.75) is 4.90 Å². The van der Waals surface area contributed by atoms with Crippen LogP contribution in [-0.4, -0.2) is 33.0 Å². The summed E-state index contributed by atoms with van der Waals surface area (Å²) in [5, 5.41) is 0. The lowest BCUT2D eigenvalue weighted by Crippen LogP contribution is -2.21. The van der Waals surface area contributed by atoms with Gasteiger partial charge in [0.05, 0.1) is 10.3 Å². The highest BCUT2D eigenvalue weighted by Gasteiger charge is 2.40. The number of allylic oxidation sites excluding steroid dienone is 4. The second-order valence-corrected chi connectivity index (χ2v) is 9.30. The van der Waals surface area contributed by atoms with Crippen molar-refractivity contribution in [3.8, 4) is 0 Å².